The van der Waals surface area contributed by atoms with Crippen LogP contribution in [0.15, 0.2) is 16.5 Å². The molecule has 0 spiro atoms. The van der Waals surface area contributed by atoms with E-state index in [-0.39, 0.29) is 5.91 Å². The Kier molecular flexibility index (Phi) is 4.42. The second kappa shape index (κ2) is 6.05. The lowest BCUT2D eigenvalue weighted by molar-refractivity contribution is 0.0891. The van der Waals surface area contributed by atoms with Gasteiger partial charge >= 0.3 is 0 Å². The lowest BCUT2D eigenvalue weighted by atomic mass is 9.84. The topological polar surface area (TPSA) is 68.3 Å². The maximum absolute atomic E-state index is 11.9. The smallest absolute Gasteiger partial charge is 0.287 e. The van der Waals surface area contributed by atoms with E-state index in [0.29, 0.717) is 24.1 Å². The summed E-state index contributed by atoms with van der Waals surface area (Å²) in [5, 5.41) is 3.04. The zero-order valence-electron chi connectivity index (χ0n) is 10.9. The molecule has 1 heterocycles. The summed E-state index contributed by atoms with van der Waals surface area (Å²) in [6, 6.07) is 3.74. The molecule has 4 nitrogen and oxygen atoms in total. The lowest BCUT2D eigenvalue weighted by Crippen LogP contribution is -2.37. The number of nitrogens with two attached hydrogens (primary N) is 1. The third-order valence-electron chi connectivity index (χ3n) is 3.85. The number of hydrogen-bond acceptors (Lipinski definition) is 3. The van der Waals surface area contributed by atoms with Crippen LogP contribution < -0.4 is 11.1 Å². The SMILES string of the molecule is CCC1CCC(NC(=O)c2ccc(CN)o2)CC1. The van der Waals surface area contributed by atoms with Gasteiger partial charge in [-0.05, 0) is 43.7 Å². The van der Waals surface area contributed by atoms with E-state index in [1.54, 1.807) is 12.1 Å². The van der Waals surface area contributed by atoms with E-state index in [0.717, 1.165) is 18.8 Å². The van der Waals surface area contributed by atoms with Gasteiger partial charge in [0, 0.05) is 6.04 Å². The standard InChI is InChI=1S/C14H22N2O2/c1-2-10-3-5-11(6-4-10)16-14(17)13-8-7-12(9-15)18-13/h7-8,10-11H,2-6,9,15H2,1H3,(H,16,17). The molecule has 18 heavy (non-hydrogen) atoms. The van der Waals surface area contributed by atoms with E-state index in [1.165, 1.54) is 19.3 Å². The number of hydrogen-bond donors (Lipinski definition) is 2. The largest absolute Gasteiger partial charge is 0.455 e. The zero-order chi connectivity index (χ0) is 13.0. The molecule has 1 aromatic rings. The Hall–Kier alpha value is -1.29. The van der Waals surface area contributed by atoms with E-state index in [4.69, 9.17) is 10.2 Å². The Morgan fingerprint density at radius 2 is 2.11 bits per heavy atom. The maximum Gasteiger partial charge on any atom is 0.287 e. The van der Waals surface area contributed by atoms with Gasteiger partial charge in [-0.3, -0.25) is 4.79 Å². The monoisotopic (exact) mass is 250 g/mol. The van der Waals surface area contributed by atoms with Crippen molar-refractivity contribution in [1.29, 1.82) is 0 Å². The summed E-state index contributed by atoms with van der Waals surface area (Å²) in [6.07, 6.45) is 5.84. The molecular formula is C14H22N2O2. The average Bonchev–Trinajstić information content (AvgIpc) is 2.88. The van der Waals surface area contributed by atoms with Gasteiger partial charge < -0.3 is 15.5 Å². The molecule has 1 aliphatic carbocycles. The van der Waals surface area contributed by atoms with Crippen LogP contribution in [0.5, 0.6) is 0 Å². The normalized spacial score (nSPS) is 23.9. The van der Waals surface area contributed by atoms with Crippen molar-refractivity contribution < 1.29 is 9.21 Å². The van der Waals surface area contributed by atoms with Crippen LogP contribution in [-0.4, -0.2) is 11.9 Å². The molecule has 1 amide bonds. The first kappa shape index (κ1) is 13.1. The fourth-order valence-corrected chi connectivity index (χ4v) is 2.58. The van der Waals surface area contributed by atoms with Crippen LogP contribution in [0.25, 0.3) is 0 Å². The van der Waals surface area contributed by atoms with E-state index in [9.17, 15) is 4.79 Å². The Balaban J connectivity index is 1.84. The zero-order valence-corrected chi connectivity index (χ0v) is 10.9. The van der Waals surface area contributed by atoms with Crippen molar-refractivity contribution in [2.75, 3.05) is 0 Å². The van der Waals surface area contributed by atoms with Crippen LogP contribution >= 0.6 is 0 Å². The Labute approximate surface area is 108 Å². The van der Waals surface area contributed by atoms with Crippen molar-refractivity contribution in [3.8, 4) is 0 Å². The summed E-state index contributed by atoms with van der Waals surface area (Å²) in [6.45, 7) is 2.57. The second-order valence-corrected chi connectivity index (χ2v) is 5.07. The van der Waals surface area contributed by atoms with Crippen LogP contribution in [0.4, 0.5) is 0 Å². The summed E-state index contributed by atoms with van der Waals surface area (Å²) < 4.78 is 5.34. The maximum atomic E-state index is 11.9. The average molecular weight is 250 g/mol. The van der Waals surface area contributed by atoms with Gasteiger partial charge in [-0.15, -0.1) is 0 Å². The Morgan fingerprint density at radius 1 is 1.39 bits per heavy atom. The van der Waals surface area contributed by atoms with Gasteiger partial charge in [-0.25, -0.2) is 0 Å². The molecule has 0 saturated heterocycles. The molecule has 1 fully saturated rings. The van der Waals surface area contributed by atoms with E-state index >= 15 is 0 Å². The Bertz CT molecular complexity index is 392. The van der Waals surface area contributed by atoms with Crippen molar-refractivity contribution >= 4 is 5.91 Å². The number of carbonyl (C=O) groups is 1. The van der Waals surface area contributed by atoms with E-state index < -0.39 is 0 Å². The van der Waals surface area contributed by atoms with Crippen molar-refractivity contribution in [2.45, 2.75) is 51.6 Å². The minimum Gasteiger partial charge on any atom is -0.455 e. The summed E-state index contributed by atoms with van der Waals surface area (Å²) in [5.74, 6) is 1.74. The number of carbonyl (C=O) groups excluding carboxylic acids is 1. The van der Waals surface area contributed by atoms with Crippen LogP contribution in [0.2, 0.25) is 0 Å². The quantitative estimate of drug-likeness (QED) is 0.862. The van der Waals surface area contributed by atoms with Crippen molar-refractivity contribution in [2.24, 2.45) is 11.7 Å². The molecule has 3 N–H and O–H groups in total. The third kappa shape index (κ3) is 3.13. The summed E-state index contributed by atoms with van der Waals surface area (Å²) in [4.78, 5) is 11.9. The molecule has 0 unspecified atom stereocenters. The summed E-state index contributed by atoms with van der Waals surface area (Å²) >= 11 is 0. The second-order valence-electron chi connectivity index (χ2n) is 5.07. The highest BCUT2D eigenvalue weighted by atomic mass is 16.4. The molecule has 1 aliphatic rings. The van der Waals surface area contributed by atoms with Gasteiger partial charge in [-0.2, -0.15) is 0 Å². The molecule has 2 rings (SSSR count). The molecule has 0 bridgehead atoms. The molecule has 100 valence electrons. The van der Waals surface area contributed by atoms with Gasteiger partial charge in [0.25, 0.3) is 5.91 Å². The summed E-state index contributed by atoms with van der Waals surface area (Å²) in [7, 11) is 0. The highest BCUT2D eigenvalue weighted by molar-refractivity contribution is 5.91. The van der Waals surface area contributed by atoms with Gasteiger partial charge in [0.1, 0.15) is 5.76 Å². The lowest BCUT2D eigenvalue weighted by Gasteiger charge is -2.28. The first-order valence-electron chi connectivity index (χ1n) is 6.82. The highest BCUT2D eigenvalue weighted by Crippen LogP contribution is 2.26. The van der Waals surface area contributed by atoms with Gasteiger partial charge in [0.2, 0.25) is 0 Å². The minimum atomic E-state index is -0.116. The first-order valence-corrected chi connectivity index (χ1v) is 6.82. The molecule has 1 aromatic heterocycles. The fraction of sp³-hybridized carbons (Fsp3) is 0.643. The first-order chi connectivity index (χ1) is 8.72. The van der Waals surface area contributed by atoms with Crippen LogP contribution in [0, 0.1) is 5.92 Å². The van der Waals surface area contributed by atoms with E-state index in [2.05, 4.69) is 12.2 Å². The van der Waals surface area contributed by atoms with Crippen LogP contribution in [0.1, 0.15) is 55.3 Å². The minimum absolute atomic E-state index is 0.116. The third-order valence-corrected chi connectivity index (χ3v) is 3.85. The predicted molar refractivity (Wildman–Crippen MR) is 70.1 cm³/mol. The van der Waals surface area contributed by atoms with Gasteiger partial charge in [-0.1, -0.05) is 13.3 Å². The molecule has 0 aliphatic heterocycles. The number of nitrogens with one attached hydrogen (secondary N) is 1. The van der Waals surface area contributed by atoms with Crippen LogP contribution in [0.3, 0.4) is 0 Å². The number of furan rings is 1. The molecule has 4 heteroatoms. The summed E-state index contributed by atoms with van der Waals surface area (Å²) in [5.41, 5.74) is 5.45. The fourth-order valence-electron chi connectivity index (χ4n) is 2.58. The predicted octanol–water partition coefficient (Wildman–Crippen LogP) is 2.44. The Morgan fingerprint density at radius 3 is 2.67 bits per heavy atom. The van der Waals surface area contributed by atoms with Crippen LogP contribution in [-0.2, 0) is 6.54 Å². The van der Waals surface area contributed by atoms with E-state index in [1.807, 2.05) is 0 Å². The molecule has 0 aromatic carbocycles. The van der Waals surface area contributed by atoms with Crippen molar-refractivity contribution in [3.05, 3.63) is 23.7 Å². The number of amides is 1. The highest BCUT2D eigenvalue weighted by Gasteiger charge is 2.22. The molecular weight excluding hydrogens is 228 g/mol. The van der Waals surface area contributed by atoms with Crippen molar-refractivity contribution in [1.82, 2.24) is 5.32 Å². The van der Waals surface area contributed by atoms with Gasteiger partial charge in [0.15, 0.2) is 5.76 Å². The molecule has 1 saturated carbocycles. The molecule has 0 radical (unpaired) electrons. The van der Waals surface area contributed by atoms with Crippen molar-refractivity contribution in [3.63, 3.8) is 0 Å². The molecule has 0 atom stereocenters. The number of rotatable bonds is 4. The van der Waals surface area contributed by atoms with Gasteiger partial charge in [0.05, 0.1) is 6.54 Å².